The third kappa shape index (κ3) is 3.52. The zero-order valence-corrected chi connectivity index (χ0v) is 10.8. The molecule has 0 aliphatic heterocycles. The maximum absolute atomic E-state index is 5.82. The molecule has 0 atom stereocenters. The van der Waals surface area contributed by atoms with Gasteiger partial charge in [-0.3, -0.25) is 0 Å². The van der Waals surface area contributed by atoms with Crippen LogP contribution in [0.4, 0.5) is 0 Å². The molecule has 18 heavy (non-hydrogen) atoms. The van der Waals surface area contributed by atoms with Crippen LogP contribution in [0.1, 0.15) is 18.9 Å². The molecule has 0 radical (unpaired) electrons. The molecule has 2 nitrogen and oxygen atoms in total. The first-order chi connectivity index (χ1) is 8.78. The smallest absolute Gasteiger partial charge is 0.130 e. The predicted molar refractivity (Wildman–Crippen MR) is 73.4 cm³/mol. The Morgan fingerprint density at radius 3 is 2.61 bits per heavy atom. The fourth-order valence-corrected chi connectivity index (χ4v) is 1.69. The first-order valence-corrected chi connectivity index (χ1v) is 6.23. The van der Waals surface area contributed by atoms with E-state index in [2.05, 4.69) is 13.0 Å². The van der Waals surface area contributed by atoms with Gasteiger partial charge < -0.3 is 9.47 Å². The van der Waals surface area contributed by atoms with E-state index in [1.165, 1.54) is 5.56 Å². The van der Waals surface area contributed by atoms with Gasteiger partial charge in [0.05, 0.1) is 6.61 Å². The molecule has 0 unspecified atom stereocenters. The van der Waals surface area contributed by atoms with Gasteiger partial charge in [0.25, 0.3) is 0 Å². The molecule has 94 valence electrons. The van der Waals surface area contributed by atoms with Crippen molar-refractivity contribution in [2.45, 2.75) is 20.3 Å². The number of rotatable bonds is 4. The molecule has 0 aromatic heterocycles. The second-order valence-corrected chi connectivity index (χ2v) is 4.14. The van der Waals surface area contributed by atoms with Gasteiger partial charge in [-0.1, -0.05) is 23.8 Å². The third-order valence-corrected chi connectivity index (χ3v) is 2.59. The maximum Gasteiger partial charge on any atom is 0.130 e. The lowest BCUT2D eigenvalue weighted by Crippen LogP contribution is -1.95. The monoisotopic (exact) mass is 242 g/mol. The summed E-state index contributed by atoms with van der Waals surface area (Å²) in [5, 5.41) is 0. The number of hydrogen-bond acceptors (Lipinski definition) is 2. The van der Waals surface area contributed by atoms with Crippen LogP contribution in [0.5, 0.6) is 5.75 Å². The minimum atomic E-state index is 0.667. The molecule has 1 aliphatic carbocycles. The van der Waals surface area contributed by atoms with Gasteiger partial charge in [-0.15, -0.1) is 0 Å². The summed E-state index contributed by atoms with van der Waals surface area (Å²) in [6.45, 7) is 4.71. The lowest BCUT2D eigenvalue weighted by molar-refractivity contribution is 0.240. The molecule has 1 aromatic carbocycles. The van der Waals surface area contributed by atoms with Crippen LogP contribution < -0.4 is 4.74 Å². The average molecular weight is 242 g/mol. The SMILES string of the molecule is CCOC1=CCC=CC(Oc2ccc(C)cc2)=C1. The van der Waals surface area contributed by atoms with Crippen LogP contribution in [-0.2, 0) is 4.74 Å². The third-order valence-electron chi connectivity index (χ3n) is 2.59. The second-order valence-electron chi connectivity index (χ2n) is 4.14. The van der Waals surface area contributed by atoms with E-state index in [0.29, 0.717) is 6.61 Å². The average Bonchev–Trinajstić information content (AvgIpc) is 2.58. The normalized spacial score (nSPS) is 14.6. The summed E-state index contributed by atoms with van der Waals surface area (Å²) < 4.78 is 11.3. The van der Waals surface area contributed by atoms with Crippen molar-refractivity contribution >= 4 is 0 Å². The van der Waals surface area contributed by atoms with E-state index in [0.717, 1.165) is 23.7 Å². The summed E-state index contributed by atoms with van der Waals surface area (Å²) in [5.74, 6) is 2.51. The first-order valence-electron chi connectivity index (χ1n) is 6.23. The summed E-state index contributed by atoms with van der Waals surface area (Å²) in [6, 6.07) is 8.02. The molecule has 0 bridgehead atoms. The highest BCUT2D eigenvalue weighted by atomic mass is 16.5. The fraction of sp³-hybridized carbons (Fsp3) is 0.250. The molecule has 2 rings (SSSR count). The number of aryl methyl sites for hydroxylation is 1. The molecule has 0 N–H and O–H groups in total. The van der Waals surface area contributed by atoms with E-state index in [9.17, 15) is 0 Å². The minimum absolute atomic E-state index is 0.667. The molecule has 0 saturated heterocycles. The molecular weight excluding hydrogens is 224 g/mol. The lowest BCUT2D eigenvalue weighted by atomic mass is 10.2. The van der Waals surface area contributed by atoms with Gasteiger partial charge in [0.1, 0.15) is 17.3 Å². The van der Waals surface area contributed by atoms with Crippen LogP contribution in [0, 0.1) is 6.92 Å². The highest BCUT2D eigenvalue weighted by molar-refractivity contribution is 5.33. The van der Waals surface area contributed by atoms with Crippen LogP contribution in [0.15, 0.2) is 60.1 Å². The van der Waals surface area contributed by atoms with E-state index in [4.69, 9.17) is 9.47 Å². The van der Waals surface area contributed by atoms with Crippen molar-refractivity contribution in [1.29, 1.82) is 0 Å². The zero-order valence-electron chi connectivity index (χ0n) is 10.8. The Hall–Kier alpha value is -1.96. The first kappa shape index (κ1) is 12.5. The number of allylic oxidation sites excluding steroid dienone is 4. The predicted octanol–water partition coefficient (Wildman–Crippen LogP) is 4.14. The Labute approximate surface area is 108 Å². The van der Waals surface area contributed by atoms with Crippen molar-refractivity contribution in [3.8, 4) is 5.75 Å². The van der Waals surface area contributed by atoms with Gasteiger partial charge in [-0.05, 0) is 44.6 Å². The molecule has 0 amide bonds. The van der Waals surface area contributed by atoms with Gasteiger partial charge in [-0.25, -0.2) is 0 Å². The van der Waals surface area contributed by atoms with Gasteiger partial charge in [0, 0.05) is 6.08 Å². The number of benzene rings is 1. The second kappa shape index (κ2) is 6.10. The topological polar surface area (TPSA) is 18.5 Å². The van der Waals surface area contributed by atoms with Gasteiger partial charge in [0.2, 0.25) is 0 Å². The summed E-state index contributed by atoms with van der Waals surface area (Å²) in [5.41, 5.74) is 1.22. The molecule has 2 heteroatoms. The summed E-state index contributed by atoms with van der Waals surface area (Å²) in [6.07, 6.45) is 8.87. The van der Waals surface area contributed by atoms with E-state index < -0.39 is 0 Å². The van der Waals surface area contributed by atoms with Crippen molar-refractivity contribution in [1.82, 2.24) is 0 Å². The van der Waals surface area contributed by atoms with Crippen LogP contribution in [-0.4, -0.2) is 6.61 Å². The van der Waals surface area contributed by atoms with Crippen molar-refractivity contribution in [3.63, 3.8) is 0 Å². The quantitative estimate of drug-likeness (QED) is 0.790. The van der Waals surface area contributed by atoms with Crippen molar-refractivity contribution in [2.75, 3.05) is 6.61 Å². The number of hydrogen-bond donors (Lipinski definition) is 0. The number of ether oxygens (including phenoxy) is 2. The fourth-order valence-electron chi connectivity index (χ4n) is 1.69. The zero-order chi connectivity index (χ0) is 12.8. The maximum atomic E-state index is 5.82. The van der Waals surface area contributed by atoms with Gasteiger partial charge >= 0.3 is 0 Å². The van der Waals surface area contributed by atoms with E-state index in [-0.39, 0.29) is 0 Å². The molecule has 0 spiro atoms. The largest absolute Gasteiger partial charge is 0.494 e. The molecule has 0 saturated carbocycles. The molecule has 0 fully saturated rings. The Bertz CT molecular complexity index is 478. The Morgan fingerprint density at radius 2 is 1.89 bits per heavy atom. The van der Waals surface area contributed by atoms with Crippen LogP contribution in [0.3, 0.4) is 0 Å². The van der Waals surface area contributed by atoms with E-state index in [1.54, 1.807) is 0 Å². The highest BCUT2D eigenvalue weighted by Gasteiger charge is 2.03. The van der Waals surface area contributed by atoms with Crippen LogP contribution >= 0.6 is 0 Å². The van der Waals surface area contributed by atoms with Crippen LogP contribution in [0.25, 0.3) is 0 Å². The Kier molecular flexibility index (Phi) is 4.24. The molecule has 0 heterocycles. The Balaban J connectivity index is 2.11. The van der Waals surface area contributed by atoms with E-state index in [1.807, 2.05) is 49.4 Å². The van der Waals surface area contributed by atoms with Crippen molar-refractivity contribution < 1.29 is 9.47 Å². The standard InChI is InChI=1S/C16H18O2/c1-3-17-15-6-4-5-7-16(12-15)18-14-10-8-13(2)9-11-14/h5-12H,3-4H2,1-2H3. The highest BCUT2D eigenvalue weighted by Crippen LogP contribution is 2.19. The lowest BCUT2D eigenvalue weighted by Gasteiger charge is -2.08. The van der Waals surface area contributed by atoms with Gasteiger partial charge in [0.15, 0.2) is 0 Å². The van der Waals surface area contributed by atoms with Gasteiger partial charge in [-0.2, -0.15) is 0 Å². The molecule has 1 aromatic rings. The molecule has 1 aliphatic rings. The molecular formula is C16H18O2. The summed E-state index contributed by atoms with van der Waals surface area (Å²) >= 11 is 0. The van der Waals surface area contributed by atoms with Crippen molar-refractivity contribution in [2.24, 2.45) is 0 Å². The Morgan fingerprint density at radius 1 is 1.11 bits per heavy atom. The minimum Gasteiger partial charge on any atom is -0.494 e. The van der Waals surface area contributed by atoms with Crippen LogP contribution in [0.2, 0.25) is 0 Å². The van der Waals surface area contributed by atoms with Crippen molar-refractivity contribution in [3.05, 3.63) is 65.7 Å². The van der Waals surface area contributed by atoms with E-state index >= 15 is 0 Å². The summed E-state index contributed by atoms with van der Waals surface area (Å²) in [4.78, 5) is 0. The summed E-state index contributed by atoms with van der Waals surface area (Å²) in [7, 11) is 0.